The Morgan fingerprint density at radius 1 is 1.45 bits per heavy atom. The molecule has 0 fully saturated rings. The molecule has 0 radical (unpaired) electrons. The molecule has 0 saturated carbocycles. The molecule has 0 aliphatic heterocycles. The lowest BCUT2D eigenvalue weighted by Crippen LogP contribution is -2.19. The van der Waals surface area contributed by atoms with Crippen LogP contribution in [-0.4, -0.2) is 24.2 Å². The van der Waals surface area contributed by atoms with Crippen LogP contribution < -0.4 is 4.80 Å². The lowest BCUT2D eigenvalue weighted by Gasteiger charge is -2.05. The highest BCUT2D eigenvalue weighted by atomic mass is 35.5. The topological polar surface area (TPSA) is 43.6 Å². The Balaban J connectivity index is 2.70. The van der Waals surface area contributed by atoms with Gasteiger partial charge in [0.15, 0.2) is 4.80 Å². The summed E-state index contributed by atoms with van der Waals surface area (Å²) in [6.07, 6.45) is 0.368. The van der Waals surface area contributed by atoms with E-state index in [9.17, 15) is 4.79 Å². The fourth-order valence-corrected chi connectivity index (χ4v) is 3.65. The van der Waals surface area contributed by atoms with E-state index in [4.69, 9.17) is 27.9 Å². The highest BCUT2D eigenvalue weighted by Gasteiger charge is 2.12. The Morgan fingerprint density at radius 3 is 2.85 bits per heavy atom. The molecule has 4 nitrogen and oxygen atoms in total. The maximum atomic E-state index is 11.6. The second kappa shape index (κ2) is 6.72. The molecular weight excluding hydrogens is 319 g/mol. The molecule has 0 atom stereocenters. The fourth-order valence-electron chi connectivity index (χ4n) is 1.79. The minimum Gasteiger partial charge on any atom is -0.383 e. The minimum absolute atomic E-state index is 0.162. The third-order valence-electron chi connectivity index (χ3n) is 2.74. The van der Waals surface area contributed by atoms with Gasteiger partial charge in [-0.1, -0.05) is 41.5 Å². The van der Waals surface area contributed by atoms with Crippen molar-refractivity contribution in [2.75, 3.05) is 13.7 Å². The van der Waals surface area contributed by atoms with Gasteiger partial charge in [0.1, 0.15) is 0 Å². The zero-order valence-corrected chi connectivity index (χ0v) is 13.5. The van der Waals surface area contributed by atoms with Gasteiger partial charge < -0.3 is 9.30 Å². The predicted octanol–water partition coefficient (Wildman–Crippen LogP) is 3.49. The number of carbonyl (C=O) groups is 1. The summed E-state index contributed by atoms with van der Waals surface area (Å²) in [6.45, 7) is 2.87. The van der Waals surface area contributed by atoms with Crippen LogP contribution in [0.4, 0.5) is 0 Å². The van der Waals surface area contributed by atoms with Crippen molar-refractivity contribution in [3.8, 4) is 0 Å². The van der Waals surface area contributed by atoms with Crippen LogP contribution in [0, 0.1) is 0 Å². The van der Waals surface area contributed by atoms with Crippen LogP contribution in [0.1, 0.15) is 13.3 Å². The maximum Gasteiger partial charge on any atom is 0.248 e. The summed E-state index contributed by atoms with van der Waals surface area (Å²) in [6, 6.07) is 3.51. The van der Waals surface area contributed by atoms with Crippen molar-refractivity contribution in [3.05, 3.63) is 27.0 Å². The number of ether oxygens (including phenoxy) is 1. The molecule has 2 rings (SSSR count). The van der Waals surface area contributed by atoms with E-state index in [0.717, 1.165) is 10.2 Å². The molecule has 7 heteroatoms. The molecule has 0 aliphatic carbocycles. The molecule has 0 spiro atoms. The number of thiazole rings is 1. The van der Waals surface area contributed by atoms with Crippen LogP contribution in [0.5, 0.6) is 0 Å². The van der Waals surface area contributed by atoms with Gasteiger partial charge in [0.2, 0.25) is 5.91 Å². The normalized spacial score (nSPS) is 12.3. The van der Waals surface area contributed by atoms with Crippen LogP contribution in [0.15, 0.2) is 17.1 Å². The number of nitrogens with zero attached hydrogens (tertiary/aromatic N) is 2. The van der Waals surface area contributed by atoms with Gasteiger partial charge in [0, 0.05) is 25.1 Å². The first-order valence-corrected chi connectivity index (χ1v) is 7.69. The number of amides is 1. The molecule has 108 valence electrons. The van der Waals surface area contributed by atoms with Gasteiger partial charge in [-0.2, -0.15) is 4.99 Å². The zero-order valence-electron chi connectivity index (χ0n) is 11.2. The number of hydrogen-bond donors (Lipinski definition) is 0. The summed E-state index contributed by atoms with van der Waals surface area (Å²) >= 11 is 13.7. The van der Waals surface area contributed by atoms with Gasteiger partial charge in [-0.25, -0.2) is 0 Å². The summed E-state index contributed by atoms with van der Waals surface area (Å²) in [7, 11) is 1.63. The molecule has 0 saturated heterocycles. The van der Waals surface area contributed by atoms with Crippen molar-refractivity contribution >= 4 is 50.7 Å². The van der Waals surface area contributed by atoms with E-state index in [2.05, 4.69) is 4.99 Å². The van der Waals surface area contributed by atoms with Crippen molar-refractivity contribution in [3.63, 3.8) is 0 Å². The van der Waals surface area contributed by atoms with Crippen LogP contribution in [0.3, 0.4) is 0 Å². The Kier molecular flexibility index (Phi) is 5.21. The SMILES string of the molecule is CCC(=O)N=c1sc2cc(Cl)cc(Cl)c2n1CCOC. The number of aromatic nitrogens is 1. The van der Waals surface area contributed by atoms with Crippen LogP contribution >= 0.6 is 34.5 Å². The van der Waals surface area contributed by atoms with E-state index in [1.807, 2.05) is 10.6 Å². The number of rotatable bonds is 4. The molecule has 0 bridgehead atoms. The van der Waals surface area contributed by atoms with Gasteiger partial charge in [-0.05, 0) is 12.1 Å². The molecule has 2 aromatic rings. The Bertz CT molecular complexity index is 706. The van der Waals surface area contributed by atoms with Crippen molar-refractivity contribution in [1.29, 1.82) is 0 Å². The smallest absolute Gasteiger partial charge is 0.248 e. The van der Waals surface area contributed by atoms with Gasteiger partial charge in [-0.15, -0.1) is 0 Å². The van der Waals surface area contributed by atoms with Crippen LogP contribution in [0.2, 0.25) is 10.0 Å². The molecule has 0 aliphatic rings. The number of fused-ring (bicyclic) bond motifs is 1. The average molecular weight is 333 g/mol. The zero-order chi connectivity index (χ0) is 14.7. The van der Waals surface area contributed by atoms with E-state index in [-0.39, 0.29) is 5.91 Å². The van der Waals surface area contributed by atoms with E-state index < -0.39 is 0 Å². The van der Waals surface area contributed by atoms with E-state index >= 15 is 0 Å². The van der Waals surface area contributed by atoms with Crippen LogP contribution in [0.25, 0.3) is 10.2 Å². The number of hydrogen-bond acceptors (Lipinski definition) is 3. The van der Waals surface area contributed by atoms with Crippen molar-refractivity contribution in [1.82, 2.24) is 4.57 Å². The summed E-state index contributed by atoms with van der Waals surface area (Å²) in [4.78, 5) is 16.3. The molecule has 20 heavy (non-hydrogen) atoms. The molecule has 1 aromatic carbocycles. The molecule has 1 heterocycles. The van der Waals surface area contributed by atoms with E-state index in [1.165, 1.54) is 11.3 Å². The minimum atomic E-state index is -0.162. The standard InChI is InChI=1S/C13H14Cl2N2O2S/c1-3-11(18)16-13-17(4-5-19-2)12-9(15)6-8(14)7-10(12)20-13/h6-7H,3-5H2,1-2H3. The van der Waals surface area contributed by atoms with Crippen molar-refractivity contribution in [2.24, 2.45) is 4.99 Å². The van der Waals surface area contributed by atoms with Gasteiger partial charge in [0.25, 0.3) is 0 Å². The average Bonchev–Trinajstić information content (AvgIpc) is 2.73. The molecular formula is C13H14Cl2N2O2S. The third kappa shape index (κ3) is 3.23. The fraction of sp³-hybridized carbons (Fsp3) is 0.385. The number of benzene rings is 1. The monoisotopic (exact) mass is 332 g/mol. The van der Waals surface area contributed by atoms with Gasteiger partial charge in [-0.3, -0.25) is 4.79 Å². The lowest BCUT2D eigenvalue weighted by molar-refractivity contribution is -0.117. The lowest BCUT2D eigenvalue weighted by atomic mass is 10.3. The largest absolute Gasteiger partial charge is 0.383 e. The third-order valence-corrected chi connectivity index (χ3v) is 4.27. The summed E-state index contributed by atoms with van der Waals surface area (Å²) in [5.41, 5.74) is 0.834. The molecule has 1 amide bonds. The maximum absolute atomic E-state index is 11.6. The number of methoxy groups -OCH3 is 1. The Hall–Kier alpha value is -0.880. The summed E-state index contributed by atoms with van der Waals surface area (Å²) < 4.78 is 7.90. The van der Waals surface area contributed by atoms with Gasteiger partial charge in [0.05, 0.1) is 21.8 Å². The molecule has 0 unspecified atom stereocenters. The second-order valence-electron chi connectivity index (χ2n) is 4.12. The summed E-state index contributed by atoms with van der Waals surface area (Å²) in [5, 5.41) is 1.11. The van der Waals surface area contributed by atoms with E-state index in [1.54, 1.807) is 20.1 Å². The highest BCUT2D eigenvalue weighted by Crippen LogP contribution is 2.29. The Labute approximate surface area is 130 Å². The van der Waals surface area contributed by atoms with Gasteiger partial charge >= 0.3 is 0 Å². The van der Waals surface area contributed by atoms with Crippen molar-refractivity contribution in [2.45, 2.75) is 19.9 Å². The number of carbonyl (C=O) groups excluding carboxylic acids is 1. The van der Waals surface area contributed by atoms with Crippen LogP contribution in [-0.2, 0) is 16.1 Å². The molecule has 0 N–H and O–H groups in total. The summed E-state index contributed by atoms with van der Waals surface area (Å²) in [5.74, 6) is -0.162. The quantitative estimate of drug-likeness (QED) is 0.860. The number of halogens is 2. The second-order valence-corrected chi connectivity index (χ2v) is 5.98. The first-order valence-electron chi connectivity index (χ1n) is 6.11. The van der Waals surface area contributed by atoms with Crippen molar-refractivity contribution < 1.29 is 9.53 Å². The van der Waals surface area contributed by atoms with E-state index in [0.29, 0.717) is 34.4 Å². The highest BCUT2D eigenvalue weighted by molar-refractivity contribution is 7.16. The first-order chi connectivity index (χ1) is 9.56. The Morgan fingerprint density at radius 2 is 2.20 bits per heavy atom. The predicted molar refractivity (Wildman–Crippen MR) is 82.6 cm³/mol. The first kappa shape index (κ1) is 15.5. The molecule has 1 aromatic heterocycles.